The number of nitrogens with zero attached hydrogens (tertiary/aromatic N) is 2. The molecule has 0 bridgehead atoms. The molecule has 5 nitrogen and oxygen atoms in total. The maximum atomic E-state index is 11.1. The largest absolute Gasteiger partial charge is 0.463 e. The van der Waals surface area contributed by atoms with E-state index >= 15 is 0 Å². The zero-order valence-corrected chi connectivity index (χ0v) is 17.0. The molecule has 2 aliphatic heterocycles. The second kappa shape index (κ2) is 5.74. The van der Waals surface area contributed by atoms with Crippen molar-refractivity contribution in [3.63, 3.8) is 0 Å². The van der Waals surface area contributed by atoms with Gasteiger partial charge in [-0.3, -0.25) is 10.1 Å². The molecular weight excluding hydrogens is 388 g/mol. The number of ether oxygens (including phenoxy) is 1. The number of benzene rings is 3. The summed E-state index contributed by atoms with van der Waals surface area (Å²) in [6.07, 6.45) is 4.16. The molecule has 2 aliphatic rings. The highest BCUT2D eigenvalue weighted by Crippen LogP contribution is 2.55. The summed E-state index contributed by atoms with van der Waals surface area (Å²) in [6, 6.07) is 14.6. The van der Waals surface area contributed by atoms with Gasteiger partial charge in [-0.15, -0.1) is 0 Å². The fraction of sp³-hybridized carbons (Fsp3) is 0.217. The molecule has 29 heavy (non-hydrogen) atoms. The van der Waals surface area contributed by atoms with Crippen molar-refractivity contribution >= 4 is 39.8 Å². The average molecular weight is 407 g/mol. The van der Waals surface area contributed by atoms with Gasteiger partial charge in [-0.05, 0) is 72.7 Å². The summed E-state index contributed by atoms with van der Waals surface area (Å²) in [6.45, 7) is 4.32. The Hall–Kier alpha value is -3.05. The van der Waals surface area contributed by atoms with Crippen LogP contribution in [0.2, 0.25) is 5.02 Å². The molecule has 0 aliphatic carbocycles. The number of hydrogen-bond acceptors (Lipinski definition) is 4. The van der Waals surface area contributed by atoms with Gasteiger partial charge in [0.1, 0.15) is 5.75 Å². The summed E-state index contributed by atoms with van der Waals surface area (Å²) in [5.74, 6) is 0.757. The van der Waals surface area contributed by atoms with Crippen LogP contribution in [0.15, 0.2) is 54.6 Å². The predicted octanol–water partition coefficient (Wildman–Crippen LogP) is 5.93. The van der Waals surface area contributed by atoms with Crippen LogP contribution in [0.4, 0.5) is 11.4 Å². The first-order valence-corrected chi connectivity index (χ1v) is 9.76. The van der Waals surface area contributed by atoms with Crippen molar-refractivity contribution < 1.29 is 9.66 Å². The summed E-state index contributed by atoms with van der Waals surface area (Å²) in [5.41, 5.74) is 2.20. The molecule has 3 aromatic carbocycles. The van der Waals surface area contributed by atoms with Gasteiger partial charge >= 0.3 is 0 Å². The highest BCUT2D eigenvalue weighted by molar-refractivity contribution is 6.30. The molecular formula is C23H19ClN2O3. The summed E-state index contributed by atoms with van der Waals surface area (Å²) in [7, 11) is 2.03. The van der Waals surface area contributed by atoms with E-state index < -0.39 is 5.72 Å². The van der Waals surface area contributed by atoms with Crippen molar-refractivity contribution in [1.29, 1.82) is 0 Å². The fourth-order valence-electron chi connectivity index (χ4n) is 4.70. The lowest BCUT2D eigenvalue weighted by Gasteiger charge is -2.46. The van der Waals surface area contributed by atoms with E-state index in [0.29, 0.717) is 5.02 Å². The van der Waals surface area contributed by atoms with E-state index in [1.807, 2.05) is 37.4 Å². The van der Waals surface area contributed by atoms with Crippen LogP contribution in [0.5, 0.6) is 5.75 Å². The van der Waals surface area contributed by atoms with Crippen LogP contribution in [0.3, 0.4) is 0 Å². The Labute approximate surface area is 173 Å². The van der Waals surface area contributed by atoms with Gasteiger partial charge in [0.25, 0.3) is 5.69 Å². The number of nitro groups is 1. The second-order valence-corrected chi connectivity index (χ2v) is 8.55. The first kappa shape index (κ1) is 18.0. The molecule has 1 atom stereocenters. The molecule has 1 spiro atoms. The SMILES string of the molecule is CN1c2ccc(Cl)cc2C(C)(C)C12C=Cc1c(ccc3cc([N+](=O)[O-])ccc13)O2. The summed E-state index contributed by atoms with van der Waals surface area (Å²) < 4.78 is 6.68. The molecule has 0 saturated carbocycles. The van der Waals surface area contributed by atoms with Crippen molar-refractivity contribution in [3.8, 4) is 5.75 Å². The first-order valence-electron chi connectivity index (χ1n) is 9.38. The third-order valence-corrected chi connectivity index (χ3v) is 6.58. The van der Waals surface area contributed by atoms with Crippen LogP contribution in [-0.2, 0) is 5.41 Å². The molecule has 0 saturated heterocycles. The third kappa shape index (κ3) is 2.28. The Bertz CT molecular complexity index is 1230. The van der Waals surface area contributed by atoms with Crippen molar-refractivity contribution in [3.05, 3.63) is 80.9 Å². The van der Waals surface area contributed by atoms with Crippen molar-refractivity contribution in [2.24, 2.45) is 0 Å². The topological polar surface area (TPSA) is 55.6 Å². The Morgan fingerprint density at radius 1 is 1.10 bits per heavy atom. The maximum absolute atomic E-state index is 11.1. The van der Waals surface area contributed by atoms with E-state index in [-0.39, 0.29) is 16.0 Å². The van der Waals surface area contributed by atoms with Gasteiger partial charge in [0, 0.05) is 35.5 Å². The Morgan fingerprint density at radius 2 is 1.90 bits per heavy atom. The molecule has 0 fully saturated rings. The number of nitro benzene ring substituents is 1. The van der Waals surface area contributed by atoms with Crippen LogP contribution < -0.4 is 9.64 Å². The molecule has 146 valence electrons. The van der Waals surface area contributed by atoms with Gasteiger partial charge in [0.2, 0.25) is 5.72 Å². The number of hydrogen-bond donors (Lipinski definition) is 0. The lowest BCUT2D eigenvalue weighted by Crippen LogP contribution is -2.58. The van der Waals surface area contributed by atoms with Gasteiger partial charge in [-0.25, -0.2) is 0 Å². The predicted molar refractivity (Wildman–Crippen MR) is 116 cm³/mol. The smallest absolute Gasteiger partial charge is 0.270 e. The number of anilines is 1. The van der Waals surface area contributed by atoms with E-state index in [9.17, 15) is 10.1 Å². The van der Waals surface area contributed by atoms with E-state index in [1.165, 1.54) is 6.07 Å². The molecule has 0 aromatic heterocycles. The van der Waals surface area contributed by atoms with Crippen LogP contribution in [0.25, 0.3) is 16.8 Å². The highest BCUT2D eigenvalue weighted by atomic mass is 35.5. The van der Waals surface area contributed by atoms with Crippen LogP contribution >= 0.6 is 11.6 Å². The Balaban J connectivity index is 1.66. The number of rotatable bonds is 1. The zero-order valence-electron chi connectivity index (χ0n) is 16.3. The number of non-ortho nitro benzene ring substituents is 1. The van der Waals surface area contributed by atoms with Crippen molar-refractivity contribution in [1.82, 2.24) is 0 Å². The van der Waals surface area contributed by atoms with Crippen LogP contribution in [0.1, 0.15) is 25.0 Å². The molecule has 6 heteroatoms. The van der Waals surface area contributed by atoms with Gasteiger partial charge in [-0.1, -0.05) is 17.7 Å². The molecule has 1 unspecified atom stereocenters. The summed E-state index contributed by atoms with van der Waals surface area (Å²) in [5, 5.41) is 13.5. The number of likely N-dealkylation sites (N-methyl/N-ethyl adjacent to an activating group) is 1. The quantitative estimate of drug-likeness (QED) is 0.371. The Morgan fingerprint density at radius 3 is 2.66 bits per heavy atom. The maximum Gasteiger partial charge on any atom is 0.270 e. The Kier molecular flexibility index (Phi) is 3.56. The minimum absolute atomic E-state index is 0.0821. The fourth-order valence-corrected chi connectivity index (χ4v) is 4.87. The summed E-state index contributed by atoms with van der Waals surface area (Å²) in [4.78, 5) is 12.9. The number of fused-ring (bicyclic) bond motifs is 4. The molecule has 5 rings (SSSR count). The van der Waals surface area contributed by atoms with Crippen molar-refractivity contribution in [2.45, 2.75) is 25.0 Å². The number of halogens is 1. The lowest BCUT2D eigenvalue weighted by molar-refractivity contribution is -0.384. The first-order chi connectivity index (χ1) is 13.7. The molecule has 2 heterocycles. The normalized spacial score (nSPS) is 21.2. The van der Waals surface area contributed by atoms with Gasteiger partial charge in [0.05, 0.1) is 10.3 Å². The van der Waals surface area contributed by atoms with Crippen LogP contribution in [-0.4, -0.2) is 17.7 Å². The zero-order chi connectivity index (χ0) is 20.6. The monoisotopic (exact) mass is 406 g/mol. The van der Waals surface area contributed by atoms with E-state index in [1.54, 1.807) is 12.1 Å². The van der Waals surface area contributed by atoms with Gasteiger partial charge < -0.3 is 9.64 Å². The average Bonchev–Trinajstić information content (AvgIpc) is 2.85. The van der Waals surface area contributed by atoms with Gasteiger partial charge in [-0.2, -0.15) is 0 Å². The summed E-state index contributed by atoms with van der Waals surface area (Å²) >= 11 is 6.28. The lowest BCUT2D eigenvalue weighted by atomic mass is 9.76. The van der Waals surface area contributed by atoms with Crippen molar-refractivity contribution in [2.75, 3.05) is 11.9 Å². The third-order valence-electron chi connectivity index (χ3n) is 6.34. The molecule has 0 amide bonds. The minimum Gasteiger partial charge on any atom is -0.463 e. The standard InChI is InChI=1S/C23H19ClN2O3/c1-22(2)19-13-15(24)5-8-20(19)25(3)23(22)11-10-18-17-7-6-16(26(27)28)12-14(17)4-9-21(18)29-23/h4-13H,1-3H3. The molecule has 0 N–H and O–H groups in total. The second-order valence-electron chi connectivity index (χ2n) is 8.12. The van der Waals surface area contributed by atoms with Gasteiger partial charge in [0.15, 0.2) is 0 Å². The highest BCUT2D eigenvalue weighted by Gasteiger charge is 2.57. The van der Waals surface area contributed by atoms with Crippen LogP contribution in [0, 0.1) is 10.1 Å². The van der Waals surface area contributed by atoms with E-state index in [0.717, 1.165) is 33.3 Å². The van der Waals surface area contributed by atoms with E-state index in [2.05, 4.69) is 30.9 Å². The molecule has 0 radical (unpaired) electrons. The minimum atomic E-state index is -0.693. The molecule has 3 aromatic rings. The van der Waals surface area contributed by atoms with E-state index in [4.69, 9.17) is 16.3 Å².